The Labute approximate surface area is 243 Å². The van der Waals surface area contributed by atoms with Gasteiger partial charge in [-0.3, -0.25) is 19.1 Å². The average Bonchev–Trinajstić information content (AvgIpc) is 3.79. The van der Waals surface area contributed by atoms with Crippen molar-refractivity contribution in [2.45, 2.75) is 32.7 Å². The van der Waals surface area contributed by atoms with Gasteiger partial charge in [-0.05, 0) is 37.8 Å². The lowest BCUT2D eigenvalue weighted by Crippen LogP contribution is -2.48. The van der Waals surface area contributed by atoms with Crippen LogP contribution in [0.2, 0.25) is 10.0 Å². The predicted octanol–water partition coefficient (Wildman–Crippen LogP) is 4.16. The zero-order valence-electron chi connectivity index (χ0n) is 23.0. The maximum Gasteiger partial charge on any atom is 0.260 e. The van der Waals surface area contributed by atoms with Crippen LogP contribution in [0, 0.1) is 5.92 Å². The van der Waals surface area contributed by atoms with E-state index in [4.69, 9.17) is 37.7 Å². The van der Waals surface area contributed by atoms with Crippen molar-refractivity contribution in [2.75, 3.05) is 58.8 Å². The number of methoxy groups -OCH3 is 2. The zero-order chi connectivity index (χ0) is 28.4. The molecule has 1 N–H and O–H groups in total. The number of amides is 1. The molecule has 3 aromatic rings. The molecule has 0 radical (unpaired) electrons. The van der Waals surface area contributed by atoms with Crippen molar-refractivity contribution in [3.05, 3.63) is 38.7 Å². The number of carbonyl (C=O) groups excluding carboxylic acids is 1. The molecule has 1 aromatic carbocycles. The quantitative estimate of drug-likeness (QED) is 0.377. The van der Waals surface area contributed by atoms with E-state index in [2.05, 4.69) is 15.2 Å². The van der Waals surface area contributed by atoms with Crippen molar-refractivity contribution < 1.29 is 14.3 Å². The van der Waals surface area contributed by atoms with Crippen LogP contribution < -0.4 is 20.3 Å². The molecule has 5 rings (SSSR count). The highest BCUT2D eigenvalue weighted by molar-refractivity contribution is 6.41. The molecule has 0 bridgehead atoms. The van der Waals surface area contributed by atoms with Crippen LogP contribution in [-0.2, 0) is 11.3 Å². The number of hydrogen-bond acceptors (Lipinski definition) is 8. The van der Waals surface area contributed by atoms with E-state index in [1.807, 2.05) is 4.90 Å². The number of aromatic nitrogens is 3. The number of carbonyl (C=O) groups is 1. The molecule has 1 amide bonds. The first-order chi connectivity index (χ1) is 19.3. The molecule has 0 atom stereocenters. The van der Waals surface area contributed by atoms with E-state index >= 15 is 0 Å². The van der Waals surface area contributed by atoms with E-state index in [9.17, 15) is 9.59 Å². The second kappa shape index (κ2) is 12.2. The summed E-state index contributed by atoms with van der Waals surface area (Å²) >= 11 is 13.4. The van der Waals surface area contributed by atoms with Gasteiger partial charge in [0.2, 0.25) is 11.9 Å². The molecule has 2 aliphatic rings. The number of nitrogens with one attached hydrogen (secondary N) is 1. The monoisotopic (exact) mass is 588 g/mol. The van der Waals surface area contributed by atoms with Crippen LogP contribution >= 0.6 is 23.2 Å². The Hall–Kier alpha value is -3.08. The van der Waals surface area contributed by atoms with E-state index in [-0.39, 0.29) is 21.5 Å². The van der Waals surface area contributed by atoms with Crippen molar-refractivity contribution in [3.63, 3.8) is 0 Å². The van der Waals surface area contributed by atoms with E-state index in [1.54, 1.807) is 29.8 Å². The lowest BCUT2D eigenvalue weighted by molar-refractivity contribution is -0.130. The first kappa shape index (κ1) is 28.4. The van der Waals surface area contributed by atoms with E-state index in [1.165, 1.54) is 27.1 Å². The Kier molecular flexibility index (Phi) is 8.68. The van der Waals surface area contributed by atoms with Crippen LogP contribution in [0.5, 0.6) is 11.5 Å². The molecule has 1 saturated carbocycles. The number of halogens is 2. The second-order valence-corrected chi connectivity index (χ2v) is 11.1. The molecule has 40 heavy (non-hydrogen) atoms. The third-order valence-corrected chi connectivity index (χ3v) is 8.34. The number of hydrogen-bond donors (Lipinski definition) is 1. The van der Waals surface area contributed by atoms with Crippen LogP contribution in [0.1, 0.15) is 26.2 Å². The molecule has 0 unspecified atom stereocenters. The van der Waals surface area contributed by atoms with Crippen molar-refractivity contribution in [3.8, 4) is 22.6 Å². The van der Waals surface area contributed by atoms with Crippen molar-refractivity contribution in [1.29, 1.82) is 0 Å². The SMILES string of the molecule is COc1cc(OC)c(Cl)c(-c2cc3cnc(NCC4CC4)nc3n(CCCN3CCN(C(C)=O)CC3)c2=O)c1Cl. The number of nitrogens with zero attached hydrogens (tertiary/aromatic N) is 5. The van der Waals surface area contributed by atoms with Crippen LogP contribution in [-0.4, -0.2) is 83.7 Å². The Bertz CT molecular complexity index is 1440. The molecule has 2 fully saturated rings. The summed E-state index contributed by atoms with van der Waals surface area (Å²) in [7, 11) is 2.99. The minimum Gasteiger partial charge on any atom is -0.495 e. The Morgan fingerprint density at radius 1 is 1.05 bits per heavy atom. The van der Waals surface area contributed by atoms with E-state index in [0.29, 0.717) is 65.2 Å². The lowest BCUT2D eigenvalue weighted by atomic mass is 10.0. The standard InChI is InChI=1S/C28H34Cl2N6O4/c1-17(37)35-11-9-34(10-12-35)7-4-8-36-26-19(16-32-28(33-26)31-15-18-5-6-18)13-20(27(36)38)23-24(29)21(39-2)14-22(40-3)25(23)30/h13-14,16,18H,4-12,15H2,1-3H3,(H,31,32,33). The number of benzene rings is 1. The lowest BCUT2D eigenvalue weighted by Gasteiger charge is -2.34. The van der Waals surface area contributed by atoms with Gasteiger partial charge in [0.05, 0.1) is 29.8 Å². The normalized spacial score (nSPS) is 15.9. The highest BCUT2D eigenvalue weighted by Gasteiger charge is 2.25. The van der Waals surface area contributed by atoms with Gasteiger partial charge in [-0.25, -0.2) is 4.98 Å². The number of ether oxygens (including phenoxy) is 2. The van der Waals surface area contributed by atoms with Crippen molar-refractivity contribution >= 4 is 46.1 Å². The number of fused-ring (bicyclic) bond motifs is 1. The minimum atomic E-state index is -0.264. The first-order valence-electron chi connectivity index (χ1n) is 13.5. The van der Waals surface area contributed by atoms with Gasteiger partial charge in [0, 0.05) is 69.4 Å². The third kappa shape index (κ3) is 5.99. The summed E-state index contributed by atoms with van der Waals surface area (Å²) in [5, 5.41) is 4.45. The topological polar surface area (TPSA) is 102 Å². The summed E-state index contributed by atoms with van der Waals surface area (Å²) in [4.78, 5) is 39.2. The van der Waals surface area contributed by atoms with Crippen LogP contribution in [0.15, 0.2) is 23.1 Å². The Morgan fingerprint density at radius 2 is 1.73 bits per heavy atom. The van der Waals surface area contributed by atoms with Gasteiger partial charge in [-0.2, -0.15) is 4.98 Å². The number of pyridine rings is 1. The molecule has 214 valence electrons. The van der Waals surface area contributed by atoms with Gasteiger partial charge >= 0.3 is 0 Å². The fourth-order valence-electron chi connectivity index (χ4n) is 5.05. The average molecular weight is 590 g/mol. The molecule has 10 nitrogen and oxygen atoms in total. The van der Waals surface area contributed by atoms with Gasteiger partial charge in [-0.1, -0.05) is 23.2 Å². The van der Waals surface area contributed by atoms with Crippen LogP contribution in [0.25, 0.3) is 22.2 Å². The molecule has 3 heterocycles. The fraction of sp³-hybridized carbons (Fsp3) is 0.500. The summed E-state index contributed by atoms with van der Waals surface area (Å²) in [5.41, 5.74) is 0.943. The maximum atomic E-state index is 14.1. The van der Waals surface area contributed by atoms with Gasteiger partial charge in [0.25, 0.3) is 5.56 Å². The summed E-state index contributed by atoms with van der Waals surface area (Å²) in [6.45, 7) is 6.68. The van der Waals surface area contributed by atoms with Crippen LogP contribution in [0.4, 0.5) is 5.95 Å². The number of rotatable bonds is 10. The summed E-state index contributed by atoms with van der Waals surface area (Å²) < 4.78 is 12.6. The number of aryl methyl sites for hydroxylation is 1. The minimum absolute atomic E-state index is 0.103. The molecular formula is C28H34Cl2N6O4. The predicted molar refractivity (Wildman–Crippen MR) is 157 cm³/mol. The van der Waals surface area contributed by atoms with E-state index in [0.717, 1.165) is 32.6 Å². The van der Waals surface area contributed by atoms with Crippen molar-refractivity contribution in [2.24, 2.45) is 5.92 Å². The largest absolute Gasteiger partial charge is 0.495 e. The third-order valence-electron chi connectivity index (χ3n) is 7.59. The van der Waals surface area contributed by atoms with Gasteiger partial charge < -0.3 is 19.7 Å². The first-order valence-corrected chi connectivity index (χ1v) is 14.3. The number of piperazine rings is 1. The molecule has 1 aliphatic carbocycles. The zero-order valence-corrected chi connectivity index (χ0v) is 24.5. The Morgan fingerprint density at radius 3 is 2.33 bits per heavy atom. The highest BCUT2D eigenvalue weighted by Crippen LogP contribution is 2.45. The summed E-state index contributed by atoms with van der Waals surface area (Å²) in [5.74, 6) is 1.96. The van der Waals surface area contributed by atoms with Gasteiger partial charge in [0.15, 0.2) is 0 Å². The van der Waals surface area contributed by atoms with Gasteiger partial charge in [-0.15, -0.1) is 0 Å². The molecule has 2 aromatic heterocycles. The molecule has 1 saturated heterocycles. The summed E-state index contributed by atoms with van der Waals surface area (Å²) in [6.07, 6.45) is 4.86. The fourth-order valence-corrected chi connectivity index (χ4v) is 5.75. The van der Waals surface area contributed by atoms with Crippen LogP contribution in [0.3, 0.4) is 0 Å². The molecular weight excluding hydrogens is 555 g/mol. The van der Waals surface area contributed by atoms with E-state index < -0.39 is 0 Å². The number of anilines is 1. The highest BCUT2D eigenvalue weighted by atomic mass is 35.5. The van der Waals surface area contributed by atoms with Gasteiger partial charge in [0.1, 0.15) is 17.1 Å². The Balaban J connectivity index is 1.51. The molecule has 1 aliphatic heterocycles. The molecule has 0 spiro atoms. The smallest absolute Gasteiger partial charge is 0.260 e. The second-order valence-electron chi connectivity index (χ2n) is 10.3. The maximum absolute atomic E-state index is 14.1. The molecule has 12 heteroatoms. The summed E-state index contributed by atoms with van der Waals surface area (Å²) in [6, 6.07) is 3.33. The van der Waals surface area contributed by atoms with Crippen molar-refractivity contribution in [1.82, 2.24) is 24.3 Å².